The topological polar surface area (TPSA) is 29.3 Å². The van der Waals surface area contributed by atoms with Gasteiger partial charge in [-0.1, -0.05) is 6.07 Å². The molecule has 0 radical (unpaired) electrons. The van der Waals surface area contributed by atoms with Crippen molar-refractivity contribution in [2.24, 2.45) is 5.73 Å². The molecule has 1 aromatic rings. The summed E-state index contributed by atoms with van der Waals surface area (Å²) in [5.41, 5.74) is 6.01. The van der Waals surface area contributed by atoms with Gasteiger partial charge in [0, 0.05) is 29.5 Å². The van der Waals surface area contributed by atoms with E-state index in [2.05, 4.69) is 36.3 Å². The maximum absolute atomic E-state index is 6.01. The van der Waals surface area contributed by atoms with Crippen LogP contribution in [-0.4, -0.2) is 23.0 Å². The Morgan fingerprint density at radius 2 is 2.31 bits per heavy atom. The third kappa shape index (κ3) is 2.84. The second-order valence-electron chi connectivity index (χ2n) is 5.07. The van der Waals surface area contributed by atoms with E-state index in [0.717, 1.165) is 6.54 Å². The summed E-state index contributed by atoms with van der Waals surface area (Å²) < 4.78 is 0. The number of nitrogens with zero attached hydrogens (tertiary/aromatic N) is 1. The highest BCUT2D eigenvalue weighted by molar-refractivity contribution is 7.09. The summed E-state index contributed by atoms with van der Waals surface area (Å²) in [7, 11) is 0. The van der Waals surface area contributed by atoms with Crippen molar-refractivity contribution in [2.45, 2.75) is 57.8 Å². The first-order chi connectivity index (χ1) is 7.66. The fourth-order valence-corrected chi connectivity index (χ4v) is 3.32. The first-order valence-electron chi connectivity index (χ1n) is 6.20. The molecule has 1 saturated carbocycles. The largest absolute Gasteiger partial charge is 0.328 e. The number of rotatable bonds is 4. The summed E-state index contributed by atoms with van der Waals surface area (Å²) in [4.78, 5) is 4.08. The van der Waals surface area contributed by atoms with Crippen LogP contribution in [0, 0.1) is 0 Å². The molecule has 0 saturated heterocycles. The molecule has 0 aliphatic heterocycles. The van der Waals surface area contributed by atoms with Gasteiger partial charge in [0.2, 0.25) is 0 Å². The van der Waals surface area contributed by atoms with Crippen LogP contribution in [0.1, 0.15) is 38.0 Å². The van der Waals surface area contributed by atoms with Crippen LogP contribution in [0.25, 0.3) is 0 Å². The van der Waals surface area contributed by atoms with Gasteiger partial charge in [0.05, 0.1) is 0 Å². The molecule has 1 heterocycles. The highest BCUT2D eigenvalue weighted by Crippen LogP contribution is 2.27. The second-order valence-corrected chi connectivity index (χ2v) is 6.10. The van der Waals surface area contributed by atoms with Crippen molar-refractivity contribution in [3.8, 4) is 0 Å². The molecule has 1 aromatic heterocycles. The first-order valence-corrected chi connectivity index (χ1v) is 7.08. The SMILES string of the molecule is CC(C)N(Cc1cccs1)C1CCC(N)C1. The van der Waals surface area contributed by atoms with E-state index in [9.17, 15) is 0 Å². The quantitative estimate of drug-likeness (QED) is 0.874. The smallest absolute Gasteiger partial charge is 0.0333 e. The van der Waals surface area contributed by atoms with Crippen LogP contribution in [-0.2, 0) is 6.54 Å². The Balaban J connectivity index is 2.00. The summed E-state index contributed by atoms with van der Waals surface area (Å²) in [6.07, 6.45) is 3.63. The Hall–Kier alpha value is -0.380. The molecule has 2 rings (SSSR count). The zero-order chi connectivity index (χ0) is 11.5. The zero-order valence-electron chi connectivity index (χ0n) is 10.2. The predicted octanol–water partition coefficient (Wildman–Crippen LogP) is 2.84. The maximum atomic E-state index is 6.01. The van der Waals surface area contributed by atoms with Crippen molar-refractivity contribution in [1.29, 1.82) is 0 Å². The van der Waals surface area contributed by atoms with Crippen LogP contribution in [0.15, 0.2) is 17.5 Å². The molecule has 1 aliphatic rings. The van der Waals surface area contributed by atoms with Crippen LogP contribution in [0.2, 0.25) is 0 Å². The van der Waals surface area contributed by atoms with Gasteiger partial charge in [0.25, 0.3) is 0 Å². The van der Waals surface area contributed by atoms with Crippen molar-refractivity contribution in [2.75, 3.05) is 0 Å². The van der Waals surface area contributed by atoms with Crippen LogP contribution in [0.5, 0.6) is 0 Å². The van der Waals surface area contributed by atoms with Gasteiger partial charge in [-0.25, -0.2) is 0 Å². The van der Waals surface area contributed by atoms with Crippen molar-refractivity contribution < 1.29 is 0 Å². The maximum Gasteiger partial charge on any atom is 0.0333 e. The molecule has 0 amide bonds. The minimum absolute atomic E-state index is 0.426. The van der Waals surface area contributed by atoms with Crippen LogP contribution in [0.3, 0.4) is 0 Å². The average molecular weight is 238 g/mol. The fourth-order valence-electron chi connectivity index (χ4n) is 2.61. The van der Waals surface area contributed by atoms with Crippen molar-refractivity contribution in [3.05, 3.63) is 22.4 Å². The summed E-state index contributed by atoms with van der Waals surface area (Å²) >= 11 is 1.86. The van der Waals surface area contributed by atoms with E-state index in [1.54, 1.807) is 0 Å². The van der Waals surface area contributed by atoms with Gasteiger partial charge in [-0.3, -0.25) is 4.90 Å². The molecule has 2 atom stereocenters. The molecule has 2 nitrogen and oxygen atoms in total. The van der Waals surface area contributed by atoms with E-state index >= 15 is 0 Å². The Bertz CT molecular complexity index is 308. The van der Waals surface area contributed by atoms with Crippen molar-refractivity contribution in [1.82, 2.24) is 4.90 Å². The van der Waals surface area contributed by atoms with Gasteiger partial charge in [0.1, 0.15) is 0 Å². The van der Waals surface area contributed by atoms with Gasteiger partial charge >= 0.3 is 0 Å². The monoisotopic (exact) mass is 238 g/mol. The molecule has 1 aliphatic carbocycles. The lowest BCUT2D eigenvalue weighted by Crippen LogP contribution is -2.39. The zero-order valence-corrected chi connectivity index (χ0v) is 11.0. The first kappa shape index (κ1) is 12.1. The summed E-state index contributed by atoms with van der Waals surface area (Å²) in [6.45, 7) is 5.67. The number of thiophene rings is 1. The molecule has 3 heteroatoms. The lowest BCUT2D eigenvalue weighted by molar-refractivity contribution is 0.146. The summed E-state index contributed by atoms with van der Waals surface area (Å²) in [5, 5.41) is 2.16. The lowest BCUT2D eigenvalue weighted by Gasteiger charge is -2.32. The van der Waals surface area contributed by atoms with Crippen LogP contribution >= 0.6 is 11.3 Å². The van der Waals surface area contributed by atoms with E-state index < -0.39 is 0 Å². The lowest BCUT2D eigenvalue weighted by atomic mass is 10.1. The van der Waals surface area contributed by atoms with Crippen molar-refractivity contribution >= 4 is 11.3 Å². The molecular weight excluding hydrogens is 216 g/mol. The Labute approximate surface area is 102 Å². The summed E-state index contributed by atoms with van der Waals surface area (Å²) in [6, 6.07) is 6.09. The van der Waals surface area contributed by atoms with E-state index in [1.807, 2.05) is 11.3 Å². The fraction of sp³-hybridized carbons (Fsp3) is 0.692. The third-order valence-corrected chi connectivity index (χ3v) is 4.36. The van der Waals surface area contributed by atoms with Crippen LogP contribution in [0.4, 0.5) is 0 Å². The second kappa shape index (κ2) is 5.30. The Kier molecular flexibility index (Phi) is 4.00. The molecule has 0 aromatic carbocycles. The predicted molar refractivity (Wildman–Crippen MR) is 70.6 cm³/mol. The van der Waals surface area contributed by atoms with E-state index in [0.29, 0.717) is 18.1 Å². The van der Waals surface area contributed by atoms with Gasteiger partial charge < -0.3 is 5.73 Å². The van der Waals surface area contributed by atoms with E-state index in [-0.39, 0.29) is 0 Å². The molecule has 1 fully saturated rings. The molecular formula is C13H22N2S. The minimum atomic E-state index is 0.426. The van der Waals surface area contributed by atoms with Gasteiger partial charge in [-0.15, -0.1) is 11.3 Å². The Morgan fingerprint density at radius 3 is 2.81 bits per heavy atom. The van der Waals surface area contributed by atoms with Gasteiger partial charge in [-0.2, -0.15) is 0 Å². The number of nitrogens with two attached hydrogens (primary N) is 1. The van der Waals surface area contributed by atoms with E-state index in [4.69, 9.17) is 5.73 Å². The standard InChI is InChI=1S/C13H22N2S/c1-10(2)15(9-13-4-3-7-16-13)12-6-5-11(14)8-12/h3-4,7,10-12H,5-6,8-9,14H2,1-2H3. The number of hydrogen-bond donors (Lipinski definition) is 1. The summed E-state index contributed by atoms with van der Waals surface area (Å²) in [5.74, 6) is 0. The molecule has 2 unspecified atom stereocenters. The van der Waals surface area contributed by atoms with E-state index in [1.165, 1.54) is 24.1 Å². The minimum Gasteiger partial charge on any atom is -0.328 e. The third-order valence-electron chi connectivity index (χ3n) is 3.50. The highest BCUT2D eigenvalue weighted by atomic mass is 32.1. The van der Waals surface area contributed by atoms with Crippen LogP contribution < -0.4 is 5.73 Å². The van der Waals surface area contributed by atoms with Gasteiger partial charge in [0.15, 0.2) is 0 Å². The van der Waals surface area contributed by atoms with Crippen molar-refractivity contribution in [3.63, 3.8) is 0 Å². The number of hydrogen-bond acceptors (Lipinski definition) is 3. The molecule has 0 bridgehead atoms. The Morgan fingerprint density at radius 1 is 1.50 bits per heavy atom. The molecule has 2 N–H and O–H groups in total. The normalized spacial score (nSPS) is 25.8. The molecule has 16 heavy (non-hydrogen) atoms. The molecule has 0 spiro atoms. The highest BCUT2D eigenvalue weighted by Gasteiger charge is 2.28. The average Bonchev–Trinajstić information content (AvgIpc) is 2.84. The molecule has 90 valence electrons. The van der Waals surface area contributed by atoms with Gasteiger partial charge in [-0.05, 0) is 44.6 Å².